The van der Waals surface area contributed by atoms with Crippen molar-refractivity contribution >= 4 is 40.4 Å². The van der Waals surface area contributed by atoms with E-state index in [-0.39, 0.29) is 22.1 Å². The highest BCUT2D eigenvalue weighted by Crippen LogP contribution is 2.29. The smallest absolute Gasteiger partial charge is 0.348 e. The van der Waals surface area contributed by atoms with Crippen LogP contribution in [0.3, 0.4) is 0 Å². The fourth-order valence-electron chi connectivity index (χ4n) is 4.25. The van der Waals surface area contributed by atoms with Crippen LogP contribution in [-0.4, -0.2) is 83.5 Å². The number of aryl methyl sites for hydroxylation is 1. The summed E-state index contributed by atoms with van der Waals surface area (Å²) in [6, 6.07) is 7.96. The minimum absolute atomic E-state index is 0.000647. The molecule has 4 aromatic rings. The van der Waals surface area contributed by atoms with Gasteiger partial charge in [0.05, 0.1) is 18.2 Å². The largest absolute Gasteiger partial charge is 0.479 e. The van der Waals surface area contributed by atoms with E-state index in [4.69, 9.17) is 26.8 Å². The van der Waals surface area contributed by atoms with Gasteiger partial charge in [-0.3, -0.25) is 9.67 Å². The quantitative estimate of drug-likeness (QED) is 0.122. The third-order valence-electron chi connectivity index (χ3n) is 6.54. The molecule has 0 aliphatic heterocycles. The highest BCUT2D eigenvalue weighted by molar-refractivity contribution is 6.28. The number of carboxylic acid groups (broad SMARTS) is 2. The number of carboxylic acids is 2. The molecular formula is C25H26ClFN6O7. The number of halogens is 2. The average molecular weight is 577 g/mol. The topological polar surface area (TPSA) is 199 Å². The second kappa shape index (κ2) is 11.6. The van der Waals surface area contributed by atoms with Crippen LogP contribution in [0.25, 0.3) is 22.2 Å². The molecule has 40 heavy (non-hydrogen) atoms. The molecule has 13 nitrogen and oxygen atoms in total. The Hall–Kier alpha value is -4.11. The standard InChI is InChI=1S/C25H26ClFN6O7/c1-12-16(10-29-32-12)14-5-3-13(4-6-14)9-25(22(35)36,23(37)38)40-11-17(39-2)18(34)19(27)33-8-7-15-20(28)30-24(26)31-21(15)33/h3-8,10,17-19,34H,9,11H2,1-2H3,(H,29,32)(H,35,36)(H,37,38)(H2,28,30,31)/t17-,18-,19-/m1/s1. The van der Waals surface area contributed by atoms with E-state index in [0.29, 0.717) is 5.56 Å². The molecule has 0 aliphatic carbocycles. The Morgan fingerprint density at radius 2 is 1.88 bits per heavy atom. The number of nitrogen functional groups attached to an aromatic ring is 1. The summed E-state index contributed by atoms with van der Waals surface area (Å²) in [5.74, 6) is -3.56. The maximum atomic E-state index is 15.5. The summed E-state index contributed by atoms with van der Waals surface area (Å²) in [4.78, 5) is 32.2. The maximum absolute atomic E-state index is 15.5. The van der Waals surface area contributed by atoms with Crippen LogP contribution in [0.15, 0.2) is 42.7 Å². The number of anilines is 1. The summed E-state index contributed by atoms with van der Waals surface area (Å²) < 4.78 is 27.0. The average Bonchev–Trinajstić information content (AvgIpc) is 3.54. The fourth-order valence-corrected chi connectivity index (χ4v) is 4.42. The number of methoxy groups -OCH3 is 1. The SMILES string of the molecule is CO[C@H](COC(Cc1ccc(-c2cn[nH]c2C)cc1)(C(=O)O)C(=O)O)[C@@H](O)[C@H](F)n1ccc2c(N)nc(Cl)nc21. The fraction of sp³-hybridized carbons (Fsp3) is 0.320. The van der Waals surface area contributed by atoms with Crippen molar-refractivity contribution in [3.05, 3.63) is 59.3 Å². The maximum Gasteiger partial charge on any atom is 0.348 e. The van der Waals surface area contributed by atoms with Crippen LogP contribution in [0.4, 0.5) is 10.2 Å². The van der Waals surface area contributed by atoms with Gasteiger partial charge in [-0.05, 0) is 35.7 Å². The molecule has 15 heteroatoms. The number of carbonyl (C=O) groups is 2. The molecule has 0 saturated heterocycles. The third-order valence-corrected chi connectivity index (χ3v) is 6.71. The van der Waals surface area contributed by atoms with Crippen LogP contribution >= 0.6 is 11.6 Å². The Bertz CT molecular complexity index is 1510. The molecule has 0 unspecified atom stereocenters. The number of aromatic nitrogens is 5. The molecule has 0 spiro atoms. The number of benzene rings is 1. The van der Waals surface area contributed by atoms with Crippen LogP contribution in [0, 0.1) is 6.92 Å². The number of H-pyrrole nitrogens is 1. The van der Waals surface area contributed by atoms with Crippen molar-refractivity contribution in [3.63, 3.8) is 0 Å². The normalized spacial score (nSPS) is 14.2. The molecule has 3 aromatic heterocycles. The molecule has 0 radical (unpaired) electrons. The van der Waals surface area contributed by atoms with Crippen molar-refractivity contribution in [1.82, 2.24) is 24.7 Å². The zero-order chi connectivity index (χ0) is 29.2. The molecular weight excluding hydrogens is 551 g/mol. The Morgan fingerprint density at radius 3 is 2.45 bits per heavy atom. The molecule has 212 valence electrons. The minimum Gasteiger partial charge on any atom is -0.479 e. The van der Waals surface area contributed by atoms with Gasteiger partial charge in [0.25, 0.3) is 5.60 Å². The zero-order valence-electron chi connectivity index (χ0n) is 21.3. The van der Waals surface area contributed by atoms with Crippen molar-refractivity contribution in [3.8, 4) is 11.1 Å². The number of nitrogens with zero attached hydrogens (tertiary/aromatic N) is 4. The number of aliphatic hydroxyl groups is 1. The summed E-state index contributed by atoms with van der Waals surface area (Å²) in [6.45, 7) is 1.06. The van der Waals surface area contributed by atoms with Gasteiger partial charge in [0, 0.05) is 31.0 Å². The van der Waals surface area contributed by atoms with Gasteiger partial charge >= 0.3 is 11.9 Å². The van der Waals surface area contributed by atoms with Gasteiger partial charge < -0.3 is 30.5 Å². The monoisotopic (exact) mass is 576 g/mol. The highest BCUT2D eigenvalue weighted by atomic mass is 35.5. The van der Waals surface area contributed by atoms with Crippen LogP contribution in [0.5, 0.6) is 0 Å². The molecule has 0 amide bonds. The molecule has 3 heterocycles. The molecule has 0 aliphatic rings. The van der Waals surface area contributed by atoms with Crippen LogP contribution < -0.4 is 5.73 Å². The highest BCUT2D eigenvalue weighted by Gasteiger charge is 2.49. The van der Waals surface area contributed by atoms with Crippen molar-refractivity contribution < 1.29 is 38.8 Å². The van der Waals surface area contributed by atoms with Crippen LogP contribution in [0.1, 0.15) is 17.6 Å². The van der Waals surface area contributed by atoms with Gasteiger partial charge in [0.2, 0.25) is 11.6 Å². The van der Waals surface area contributed by atoms with E-state index in [1.54, 1.807) is 30.5 Å². The van der Waals surface area contributed by atoms with E-state index in [1.807, 2.05) is 6.92 Å². The van der Waals surface area contributed by atoms with E-state index >= 15 is 4.39 Å². The van der Waals surface area contributed by atoms with Crippen molar-refractivity contribution in [1.29, 1.82) is 0 Å². The van der Waals surface area contributed by atoms with Gasteiger partial charge in [-0.2, -0.15) is 10.1 Å². The van der Waals surface area contributed by atoms with Crippen molar-refractivity contribution in [2.24, 2.45) is 0 Å². The van der Waals surface area contributed by atoms with Gasteiger partial charge in [-0.1, -0.05) is 24.3 Å². The lowest BCUT2D eigenvalue weighted by molar-refractivity contribution is -0.192. The Kier molecular flexibility index (Phi) is 8.34. The first-order chi connectivity index (χ1) is 19.0. The van der Waals surface area contributed by atoms with Gasteiger partial charge in [-0.25, -0.2) is 19.0 Å². The third kappa shape index (κ3) is 5.47. The summed E-state index contributed by atoms with van der Waals surface area (Å²) >= 11 is 5.83. The number of fused-ring (bicyclic) bond motifs is 1. The van der Waals surface area contributed by atoms with Gasteiger partial charge in [0.15, 0.2) is 0 Å². The van der Waals surface area contributed by atoms with Gasteiger partial charge in [0.1, 0.15) is 23.7 Å². The van der Waals surface area contributed by atoms with Crippen molar-refractivity contribution in [2.75, 3.05) is 19.5 Å². The number of aliphatic carboxylic acids is 2. The summed E-state index contributed by atoms with van der Waals surface area (Å²) in [6.07, 6.45) is -3.27. The summed E-state index contributed by atoms with van der Waals surface area (Å²) in [5, 5.41) is 37.4. The molecule has 1 aromatic carbocycles. The number of rotatable bonds is 12. The number of nitrogens with two attached hydrogens (primary N) is 1. The van der Waals surface area contributed by atoms with E-state index in [9.17, 15) is 24.9 Å². The molecule has 0 bridgehead atoms. The minimum atomic E-state index is -2.76. The summed E-state index contributed by atoms with van der Waals surface area (Å²) in [7, 11) is 1.13. The summed E-state index contributed by atoms with van der Waals surface area (Å²) in [5.41, 5.74) is 5.82. The molecule has 0 fully saturated rings. The number of alkyl halides is 1. The number of ether oxygens (including phenoxy) is 2. The van der Waals surface area contributed by atoms with E-state index in [2.05, 4.69) is 20.2 Å². The lowest BCUT2D eigenvalue weighted by Gasteiger charge is -2.30. The zero-order valence-corrected chi connectivity index (χ0v) is 22.0. The number of nitrogens with one attached hydrogen (secondary N) is 1. The Balaban J connectivity index is 1.54. The Morgan fingerprint density at radius 1 is 1.20 bits per heavy atom. The lowest BCUT2D eigenvalue weighted by atomic mass is 9.93. The second-order valence-corrected chi connectivity index (χ2v) is 9.34. The first kappa shape index (κ1) is 28.9. The van der Waals surface area contributed by atoms with E-state index in [1.165, 1.54) is 12.3 Å². The van der Waals surface area contributed by atoms with Gasteiger partial charge in [-0.15, -0.1) is 0 Å². The molecule has 4 rings (SSSR count). The Labute approximate surface area is 231 Å². The predicted octanol–water partition coefficient (Wildman–Crippen LogP) is 2.38. The first-order valence-corrected chi connectivity index (χ1v) is 12.2. The number of aliphatic hydroxyl groups excluding tert-OH is 1. The van der Waals surface area contributed by atoms with E-state index < -0.39 is 49.1 Å². The van der Waals surface area contributed by atoms with E-state index in [0.717, 1.165) is 28.5 Å². The molecule has 0 saturated carbocycles. The van der Waals surface area contributed by atoms with Crippen LogP contribution in [-0.2, 0) is 25.5 Å². The lowest BCUT2D eigenvalue weighted by Crippen LogP contribution is -2.53. The number of aromatic amines is 1. The second-order valence-electron chi connectivity index (χ2n) is 9.01. The predicted molar refractivity (Wildman–Crippen MR) is 140 cm³/mol. The number of hydrogen-bond acceptors (Lipinski definition) is 9. The number of hydrogen-bond donors (Lipinski definition) is 5. The first-order valence-electron chi connectivity index (χ1n) is 11.8. The molecule has 3 atom stereocenters. The molecule has 6 N–H and O–H groups in total. The van der Waals surface area contributed by atoms with Crippen LogP contribution in [0.2, 0.25) is 5.28 Å². The van der Waals surface area contributed by atoms with Crippen molar-refractivity contribution in [2.45, 2.75) is 37.4 Å².